The largest absolute Gasteiger partial charge is 0.447 e. The number of ether oxygens (including phenoxy) is 2. The molecule has 28 heavy (non-hydrogen) atoms. The van der Waals surface area contributed by atoms with Crippen LogP contribution in [-0.4, -0.2) is 48.2 Å². The van der Waals surface area contributed by atoms with E-state index >= 15 is 0 Å². The monoisotopic (exact) mass is 398 g/mol. The maximum atomic E-state index is 13.0. The highest BCUT2D eigenvalue weighted by Crippen LogP contribution is 2.42. The second-order valence-corrected chi connectivity index (χ2v) is 7.91. The van der Waals surface area contributed by atoms with Gasteiger partial charge in [-0.15, -0.1) is 0 Å². The maximum Gasteiger partial charge on any atom is 0.416 e. The molecule has 1 N–H and O–H groups in total. The fourth-order valence-electron chi connectivity index (χ4n) is 4.03. The zero-order valence-electron chi connectivity index (χ0n) is 15.3. The molecule has 2 heterocycles. The smallest absolute Gasteiger partial charge is 0.416 e. The van der Waals surface area contributed by atoms with Gasteiger partial charge in [-0.2, -0.15) is 13.2 Å². The average molecular weight is 398 g/mol. The van der Waals surface area contributed by atoms with E-state index in [4.69, 9.17) is 9.47 Å². The number of benzene rings is 1. The number of carbonyl (C=O) groups is 2. The predicted molar refractivity (Wildman–Crippen MR) is 91.3 cm³/mol. The van der Waals surface area contributed by atoms with Crippen molar-refractivity contribution in [3.63, 3.8) is 0 Å². The number of likely N-dealkylation sites (tertiary alicyclic amines) is 1. The van der Waals surface area contributed by atoms with Gasteiger partial charge in [0.2, 0.25) is 5.91 Å². The molecule has 1 saturated carbocycles. The summed E-state index contributed by atoms with van der Waals surface area (Å²) in [6.07, 6.45) is -3.85. The van der Waals surface area contributed by atoms with Crippen molar-refractivity contribution in [3.05, 3.63) is 34.9 Å². The molecule has 152 valence electrons. The molecular formula is C19H21F3N2O4. The van der Waals surface area contributed by atoms with Gasteiger partial charge < -0.3 is 19.7 Å². The van der Waals surface area contributed by atoms with E-state index in [1.807, 2.05) is 0 Å². The number of amides is 2. The van der Waals surface area contributed by atoms with E-state index in [0.717, 1.165) is 6.07 Å². The fraction of sp³-hybridized carbons (Fsp3) is 0.579. The molecule has 0 unspecified atom stereocenters. The Labute approximate surface area is 160 Å². The molecule has 1 spiro atoms. The van der Waals surface area contributed by atoms with Gasteiger partial charge in [0, 0.05) is 19.0 Å². The SMILES string of the molecule is Cc1ccc(COC2CN(C(=O)[C@H]3C[C@@]4(COC(=O)N4)C3)C2)cc1C(F)(F)F. The van der Waals surface area contributed by atoms with E-state index in [9.17, 15) is 22.8 Å². The summed E-state index contributed by atoms with van der Waals surface area (Å²) in [6, 6.07) is 4.18. The van der Waals surface area contributed by atoms with Crippen LogP contribution in [0.5, 0.6) is 0 Å². The summed E-state index contributed by atoms with van der Waals surface area (Å²) in [7, 11) is 0. The third-order valence-corrected chi connectivity index (χ3v) is 5.72. The van der Waals surface area contributed by atoms with Crippen molar-refractivity contribution in [3.8, 4) is 0 Å². The van der Waals surface area contributed by atoms with Crippen LogP contribution >= 0.6 is 0 Å². The van der Waals surface area contributed by atoms with E-state index in [-0.39, 0.29) is 35.6 Å². The Morgan fingerprint density at radius 2 is 2.07 bits per heavy atom. The van der Waals surface area contributed by atoms with Crippen LogP contribution in [0.3, 0.4) is 0 Å². The molecule has 2 saturated heterocycles. The third-order valence-electron chi connectivity index (χ3n) is 5.72. The summed E-state index contributed by atoms with van der Waals surface area (Å²) in [4.78, 5) is 25.3. The lowest BCUT2D eigenvalue weighted by atomic mass is 9.68. The molecule has 2 aliphatic heterocycles. The zero-order valence-corrected chi connectivity index (χ0v) is 15.3. The van der Waals surface area contributed by atoms with Crippen molar-refractivity contribution in [2.24, 2.45) is 5.92 Å². The van der Waals surface area contributed by atoms with Gasteiger partial charge in [0.1, 0.15) is 6.61 Å². The average Bonchev–Trinajstić information content (AvgIpc) is 2.94. The highest BCUT2D eigenvalue weighted by molar-refractivity contribution is 5.82. The number of hydrogen-bond donors (Lipinski definition) is 1. The van der Waals surface area contributed by atoms with Gasteiger partial charge in [-0.3, -0.25) is 4.79 Å². The Bertz CT molecular complexity index is 799. The lowest BCUT2D eigenvalue weighted by Crippen LogP contribution is -2.62. The summed E-state index contributed by atoms with van der Waals surface area (Å²) in [5.41, 5.74) is -0.403. The molecule has 1 aromatic rings. The molecule has 3 fully saturated rings. The molecule has 4 rings (SSSR count). The van der Waals surface area contributed by atoms with Crippen LogP contribution in [0.1, 0.15) is 29.5 Å². The molecule has 0 radical (unpaired) electrons. The first kappa shape index (κ1) is 19.0. The van der Waals surface area contributed by atoms with Crippen molar-refractivity contribution >= 4 is 12.0 Å². The van der Waals surface area contributed by atoms with Crippen LogP contribution < -0.4 is 5.32 Å². The van der Waals surface area contributed by atoms with Crippen LogP contribution in [0.4, 0.5) is 18.0 Å². The summed E-state index contributed by atoms with van der Waals surface area (Å²) in [6.45, 7) is 2.67. The highest BCUT2D eigenvalue weighted by atomic mass is 19.4. The highest BCUT2D eigenvalue weighted by Gasteiger charge is 2.54. The van der Waals surface area contributed by atoms with E-state index in [2.05, 4.69) is 5.32 Å². The van der Waals surface area contributed by atoms with E-state index in [1.165, 1.54) is 13.0 Å². The first-order chi connectivity index (χ1) is 13.2. The standard InChI is InChI=1S/C19H21F3N2O4/c1-11-2-3-12(4-15(11)19(20,21)22)9-27-14-7-24(8-14)16(25)13-5-18(6-13)10-28-17(26)23-18/h2-4,13-14H,5-10H2,1H3,(H,23,26)/t13-,18-. The molecule has 0 aromatic heterocycles. The Balaban J connectivity index is 1.22. The molecule has 1 aliphatic carbocycles. The lowest BCUT2D eigenvalue weighted by Gasteiger charge is -2.47. The first-order valence-electron chi connectivity index (χ1n) is 9.17. The van der Waals surface area contributed by atoms with Gasteiger partial charge in [0.25, 0.3) is 0 Å². The Kier molecular flexibility index (Phi) is 4.52. The van der Waals surface area contributed by atoms with Crippen LogP contribution in [0.25, 0.3) is 0 Å². The lowest BCUT2D eigenvalue weighted by molar-refractivity contribution is -0.155. The van der Waals surface area contributed by atoms with Gasteiger partial charge in [0.05, 0.1) is 23.8 Å². The number of hydrogen-bond acceptors (Lipinski definition) is 4. The molecule has 1 aromatic carbocycles. The normalized spacial score (nSPS) is 27.2. The number of alkyl halides is 3. The quantitative estimate of drug-likeness (QED) is 0.847. The molecule has 0 bridgehead atoms. The van der Waals surface area contributed by atoms with Gasteiger partial charge >= 0.3 is 12.3 Å². The zero-order chi connectivity index (χ0) is 20.1. The number of nitrogens with zero attached hydrogens (tertiary/aromatic N) is 1. The summed E-state index contributed by atoms with van der Waals surface area (Å²) >= 11 is 0. The number of nitrogens with one attached hydrogen (secondary N) is 1. The number of rotatable bonds is 4. The second kappa shape index (κ2) is 6.65. The molecule has 9 heteroatoms. The van der Waals surface area contributed by atoms with Gasteiger partial charge in [-0.05, 0) is 37.0 Å². The minimum Gasteiger partial charge on any atom is -0.447 e. The third kappa shape index (κ3) is 3.55. The number of cyclic esters (lactones) is 1. The molecule has 0 atom stereocenters. The van der Waals surface area contributed by atoms with Crippen molar-refractivity contribution in [2.45, 2.75) is 44.2 Å². The predicted octanol–water partition coefficient (Wildman–Crippen LogP) is 2.63. The topological polar surface area (TPSA) is 67.9 Å². The van der Waals surface area contributed by atoms with Crippen LogP contribution in [0.15, 0.2) is 18.2 Å². The first-order valence-corrected chi connectivity index (χ1v) is 9.17. The van der Waals surface area contributed by atoms with Gasteiger partial charge in [0.15, 0.2) is 0 Å². The minimum absolute atomic E-state index is 0.0290. The summed E-state index contributed by atoms with van der Waals surface area (Å²) in [5, 5.41) is 2.76. The van der Waals surface area contributed by atoms with Gasteiger partial charge in [-0.25, -0.2) is 4.79 Å². The van der Waals surface area contributed by atoms with Gasteiger partial charge in [-0.1, -0.05) is 12.1 Å². The number of alkyl carbamates (subject to hydrolysis) is 1. The van der Waals surface area contributed by atoms with Crippen LogP contribution in [0.2, 0.25) is 0 Å². The van der Waals surface area contributed by atoms with E-state index in [0.29, 0.717) is 38.1 Å². The Hall–Kier alpha value is -2.29. The summed E-state index contributed by atoms with van der Waals surface area (Å²) in [5.74, 6) is -0.101. The Morgan fingerprint density at radius 3 is 2.68 bits per heavy atom. The number of halogens is 3. The second-order valence-electron chi connectivity index (χ2n) is 7.91. The fourth-order valence-corrected chi connectivity index (χ4v) is 4.03. The molecule has 3 aliphatic rings. The van der Waals surface area contributed by atoms with Crippen LogP contribution in [0, 0.1) is 12.8 Å². The van der Waals surface area contributed by atoms with Crippen LogP contribution in [-0.2, 0) is 27.1 Å². The summed E-state index contributed by atoms with van der Waals surface area (Å²) < 4.78 is 49.5. The molecule has 6 nitrogen and oxygen atoms in total. The maximum absolute atomic E-state index is 13.0. The van der Waals surface area contributed by atoms with Crippen molar-refractivity contribution in [1.29, 1.82) is 0 Å². The van der Waals surface area contributed by atoms with E-state index in [1.54, 1.807) is 11.0 Å². The number of aryl methyl sites for hydroxylation is 1. The molecular weight excluding hydrogens is 377 g/mol. The van der Waals surface area contributed by atoms with E-state index < -0.39 is 17.8 Å². The molecule has 2 amide bonds. The minimum atomic E-state index is -4.39. The Morgan fingerprint density at radius 1 is 1.36 bits per heavy atom. The number of carbonyl (C=O) groups excluding carboxylic acids is 2. The van der Waals surface area contributed by atoms with Crippen molar-refractivity contribution in [2.75, 3.05) is 19.7 Å². The van der Waals surface area contributed by atoms with Crippen molar-refractivity contribution < 1.29 is 32.2 Å². The van der Waals surface area contributed by atoms with Crippen molar-refractivity contribution in [1.82, 2.24) is 10.2 Å².